The summed E-state index contributed by atoms with van der Waals surface area (Å²) in [4.78, 5) is 26.3. The van der Waals surface area contributed by atoms with Crippen LogP contribution in [0.5, 0.6) is 5.75 Å². The highest BCUT2D eigenvalue weighted by molar-refractivity contribution is 6.31. The predicted molar refractivity (Wildman–Crippen MR) is 118 cm³/mol. The number of hydrogen-bond donors (Lipinski definition) is 1. The van der Waals surface area contributed by atoms with E-state index < -0.39 is 0 Å². The number of para-hydroxylation sites is 1. The average molecular weight is 423 g/mol. The monoisotopic (exact) mass is 422 g/mol. The first kappa shape index (κ1) is 21.4. The topological polar surface area (TPSA) is 58.6 Å². The molecule has 3 aromatic rings. The fourth-order valence-corrected chi connectivity index (χ4v) is 3.19. The summed E-state index contributed by atoms with van der Waals surface area (Å²) in [5, 5.41) is 3.21. The van der Waals surface area contributed by atoms with Crippen LogP contribution in [0.25, 0.3) is 0 Å². The van der Waals surface area contributed by atoms with Crippen molar-refractivity contribution in [1.82, 2.24) is 10.2 Å². The Morgan fingerprint density at radius 1 is 0.967 bits per heavy atom. The minimum atomic E-state index is -0.153. The van der Waals surface area contributed by atoms with E-state index in [9.17, 15) is 9.59 Å². The van der Waals surface area contributed by atoms with Crippen LogP contribution in [-0.2, 0) is 13.2 Å². The summed E-state index contributed by atoms with van der Waals surface area (Å²) in [7, 11) is 3.33. The number of rotatable bonds is 7. The van der Waals surface area contributed by atoms with Gasteiger partial charge < -0.3 is 15.0 Å². The van der Waals surface area contributed by atoms with Crippen LogP contribution in [-0.4, -0.2) is 30.8 Å². The first-order chi connectivity index (χ1) is 14.5. The number of nitrogens with one attached hydrogen (secondary N) is 1. The quantitative estimate of drug-likeness (QED) is 0.607. The van der Waals surface area contributed by atoms with Crippen LogP contribution in [0.15, 0.2) is 72.8 Å². The average Bonchev–Trinajstić information content (AvgIpc) is 2.78. The predicted octanol–water partition coefficient (Wildman–Crippen LogP) is 4.55. The number of benzene rings is 3. The van der Waals surface area contributed by atoms with Crippen molar-refractivity contribution in [3.63, 3.8) is 0 Å². The normalized spacial score (nSPS) is 10.4. The van der Waals surface area contributed by atoms with Gasteiger partial charge in [-0.15, -0.1) is 0 Å². The van der Waals surface area contributed by atoms with Crippen LogP contribution >= 0.6 is 11.6 Å². The minimum Gasteiger partial charge on any atom is -0.488 e. The fraction of sp³-hybridized carbons (Fsp3) is 0.167. The Morgan fingerprint density at radius 3 is 2.33 bits per heavy atom. The molecule has 0 saturated carbocycles. The molecule has 3 rings (SSSR count). The van der Waals surface area contributed by atoms with E-state index in [0.717, 1.165) is 11.1 Å². The summed E-state index contributed by atoms with van der Waals surface area (Å²) < 4.78 is 5.90. The zero-order chi connectivity index (χ0) is 21.5. The van der Waals surface area contributed by atoms with Gasteiger partial charge in [-0.3, -0.25) is 9.59 Å². The van der Waals surface area contributed by atoms with Crippen molar-refractivity contribution in [1.29, 1.82) is 0 Å². The molecule has 0 bridgehead atoms. The lowest BCUT2D eigenvalue weighted by Crippen LogP contribution is -2.26. The lowest BCUT2D eigenvalue weighted by molar-refractivity contribution is 0.0779. The van der Waals surface area contributed by atoms with Crippen LogP contribution in [0.3, 0.4) is 0 Å². The summed E-state index contributed by atoms with van der Waals surface area (Å²) in [6.07, 6.45) is 0. The maximum atomic E-state index is 13.0. The Hall–Kier alpha value is -3.31. The maximum Gasteiger partial charge on any atom is 0.257 e. The van der Waals surface area contributed by atoms with Crippen LogP contribution in [0.4, 0.5) is 0 Å². The number of hydrogen-bond acceptors (Lipinski definition) is 3. The van der Waals surface area contributed by atoms with Crippen molar-refractivity contribution in [2.75, 3.05) is 14.1 Å². The molecule has 2 amide bonds. The van der Waals surface area contributed by atoms with Crippen LogP contribution in [0, 0.1) is 0 Å². The molecule has 3 aromatic carbocycles. The molecule has 1 N–H and O–H groups in total. The highest BCUT2D eigenvalue weighted by atomic mass is 35.5. The smallest absolute Gasteiger partial charge is 0.257 e. The van der Waals surface area contributed by atoms with E-state index >= 15 is 0 Å². The van der Waals surface area contributed by atoms with Crippen molar-refractivity contribution in [2.24, 2.45) is 0 Å². The molecule has 6 heteroatoms. The van der Waals surface area contributed by atoms with Gasteiger partial charge >= 0.3 is 0 Å². The van der Waals surface area contributed by atoms with E-state index in [1.165, 1.54) is 0 Å². The molecule has 0 fully saturated rings. The molecule has 0 aliphatic carbocycles. The largest absolute Gasteiger partial charge is 0.488 e. The second kappa shape index (κ2) is 9.94. The number of carbonyl (C=O) groups excluding carboxylic acids is 2. The van der Waals surface area contributed by atoms with Crippen molar-refractivity contribution >= 4 is 23.4 Å². The zero-order valence-corrected chi connectivity index (χ0v) is 17.6. The van der Waals surface area contributed by atoms with Crippen LogP contribution in [0.1, 0.15) is 31.8 Å². The molecule has 0 spiro atoms. The summed E-state index contributed by atoms with van der Waals surface area (Å²) in [5.41, 5.74) is 2.83. The van der Waals surface area contributed by atoms with Crippen molar-refractivity contribution in [3.8, 4) is 5.75 Å². The first-order valence-corrected chi connectivity index (χ1v) is 9.89. The Balaban J connectivity index is 1.70. The summed E-state index contributed by atoms with van der Waals surface area (Å²) >= 11 is 6.19. The molecule has 30 heavy (non-hydrogen) atoms. The molecule has 0 atom stereocenters. The van der Waals surface area contributed by atoms with Crippen molar-refractivity contribution in [2.45, 2.75) is 13.2 Å². The Labute approximate surface area is 181 Å². The van der Waals surface area contributed by atoms with Gasteiger partial charge in [0.2, 0.25) is 0 Å². The Morgan fingerprint density at radius 2 is 1.63 bits per heavy atom. The number of nitrogens with zero attached hydrogens (tertiary/aromatic N) is 1. The van der Waals surface area contributed by atoms with E-state index in [0.29, 0.717) is 28.4 Å². The molecule has 0 heterocycles. The number of amides is 2. The number of halogens is 1. The van der Waals surface area contributed by atoms with Gasteiger partial charge in [0.15, 0.2) is 0 Å². The van der Waals surface area contributed by atoms with E-state index in [1.807, 2.05) is 42.5 Å². The second-order valence-corrected chi connectivity index (χ2v) is 7.22. The lowest BCUT2D eigenvalue weighted by Gasteiger charge is -2.19. The fourth-order valence-electron chi connectivity index (χ4n) is 3.00. The highest BCUT2D eigenvalue weighted by Crippen LogP contribution is 2.23. The lowest BCUT2D eigenvalue weighted by atomic mass is 10.1. The van der Waals surface area contributed by atoms with E-state index in [2.05, 4.69) is 5.32 Å². The van der Waals surface area contributed by atoms with E-state index in [-0.39, 0.29) is 18.4 Å². The SMILES string of the molecule is CNC(=O)c1ccc(CN(C)C(=O)c2ccccc2OCc2ccccc2Cl)cc1. The third-order valence-electron chi connectivity index (χ3n) is 4.67. The molecule has 0 radical (unpaired) electrons. The summed E-state index contributed by atoms with van der Waals surface area (Å²) in [6.45, 7) is 0.681. The Kier molecular flexibility index (Phi) is 7.09. The van der Waals surface area contributed by atoms with Crippen LogP contribution < -0.4 is 10.1 Å². The molecule has 0 unspecified atom stereocenters. The third kappa shape index (κ3) is 5.19. The molecule has 0 saturated heterocycles. The van der Waals surface area contributed by atoms with Crippen LogP contribution in [0.2, 0.25) is 5.02 Å². The number of carbonyl (C=O) groups is 2. The van der Waals surface area contributed by atoms with Crippen molar-refractivity contribution in [3.05, 3.63) is 100 Å². The second-order valence-electron chi connectivity index (χ2n) is 6.81. The molecule has 0 aliphatic heterocycles. The molecule has 0 aliphatic rings. The Bertz CT molecular complexity index is 1030. The van der Waals surface area contributed by atoms with Gasteiger partial charge in [-0.1, -0.05) is 54.1 Å². The molecule has 0 aromatic heterocycles. The molecular formula is C24H23ClN2O3. The van der Waals surface area contributed by atoms with E-state index in [1.54, 1.807) is 49.3 Å². The van der Waals surface area contributed by atoms with Gasteiger partial charge in [-0.2, -0.15) is 0 Å². The van der Waals surface area contributed by atoms with Gasteiger partial charge in [0.25, 0.3) is 11.8 Å². The van der Waals surface area contributed by atoms with E-state index in [4.69, 9.17) is 16.3 Å². The standard InChI is InChI=1S/C24H23ClN2O3/c1-26-23(28)18-13-11-17(12-14-18)15-27(2)24(29)20-8-4-6-10-22(20)30-16-19-7-3-5-9-21(19)25/h3-14H,15-16H2,1-2H3,(H,26,28). The summed E-state index contributed by atoms with van der Waals surface area (Å²) in [6, 6.07) is 21.8. The molecule has 154 valence electrons. The maximum absolute atomic E-state index is 13.0. The summed E-state index contributed by atoms with van der Waals surface area (Å²) in [5.74, 6) is 0.208. The molecule has 5 nitrogen and oxygen atoms in total. The first-order valence-electron chi connectivity index (χ1n) is 9.51. The minimum absolute atomic E-state index is 0.143. The van der Waals surface area contributed by atoms with Gasteiger partial charge in [0, 0.05) is 36.8 Å². The van der Waals surface area contributed by atoms with Gasteiger partial charge in [-0.25, -0.2) is 0 Å². The van der Waals surface area contributed by atoms with Gasteiger partial charge in [-0.05, 0) is 35.9 Å². The van der Waals surface area contributed by atoms with Gasteiger partial charge in [0.1, 0.15) is 12.4 Å². The zero-order valence-electron chi connectivity index (χ0n) is 16.9. The number of ether oxygens (including phenoxy) is 1. The molecular weight excluding hydrogens is 400 g/mol. The highest BCUT2D eigenvalue weighted by Gasteiger charge is 2.17. The van der Waals surface area contributed by atoms with Crippen molar-refractivity contribution < 1.29 is 14.3 Å². The van der Waals surface area contributed by atoms with Gasteiger partial charge in [0.05, 0.1) is 5.56 Å². The third-order valence-corrected chi connectivity index (χ3v) is 5.04.